The minimum atomic E-state index is -0.424. The van der Waals surface area contributed by atoms with Gasteiger partial charge in [-0.15, -0.1) is 12.4 Å². The van der Waals surface area contributed by atoms with Crippen LogP contribution in [-0.2, 0) is 11.3 Å². The molecule has 0 bridgehead atoms. The third-order valence-electron chi connectivity index (χ3n) is 2.50. The first-order valence-electron chi connectivity index (χ1n) is 5.30. The van der Waals surface area contributed by atoms with E-state index in [4.69, 9.17) is 17.3 Å². The molecule has 0 unspecified atom stereocenters. The lowest BCUT2D eigenvalue weighted by Crippen LogP contribution is -2.40. The molecule has 0 saturated heterocycles. The average molecular weight is 277 g/mol. The van der Waals surface area contributed by atoms with Crippen molar-refractivity contribution in [3.63, 3.8) is 0 Å². The van der Waals surface area contributed by atoms with E-state index in [0.29, 0.717) is 18.0 Å². The largest absolute Gasteiger partial charge is 0.340 e. The van der Waals surface area contributed by atoms with Gasteiger partial charge in [-0.1, -0.05) is 36.7 Å². The Labute approximate surface area is 113 Å². The molecule has 1 aromatic rings. The summed E-state index contributed by atoms with van der Waals surface area (Å²) in [5.74, 6) is -0.0533. The first-order chi connectivity index (χ1) is 7.56. The van der Waals surface area contributed by atoms with E-state index in [2.05, 4.69) is 0 Å². The highest BCUT2D eigenvalue weighted by Gasteiger charge is 2.16. The second kappa shape index (κ2) is 7.54. The van der Waals surface area contributed by atoms with E-state index in [1.54, 1.807) is 11.9 Å². The topological polar surface area (TPSA) is 46.3 Å². The molecule has 1 rings (SSSR count). The third-order valence-corrected chi connectivity index (χ3v) is 2.87. The highest BCUT2D eigenvalue weighted by atomic mass is 35.5. The Morgan fingerprint density at radius 1 is 1.47 bits per heavy atom. The van der Waals surface area contributed by atoms with Crippen LogP contribution in [0.5, 0.6) is 0 Å². The summed E-state index contributed by atoms with van der Waals surface area (Å²) in [7, 11) is 1.74. The molecule has 0 aromatic heterocycles. The van der Waals surface area contributed by atoms with E-state index >= 15 is 0 Å². The van der Waals surface area contributed by atoms with Gasteiger partial charge in [0.05, 0.1) is 6.04 Å². The molecule has 2 N–H and O–H groups in total. The predicted octanol–water partition coefficient (Wildman–Crippen LogP) is 2.46. The Kier molecular flexibility index (Phi) is 7.19. The number of benzene rings is 1. The SMILES string of the molecule is CC[C@H](N)C(=O)N(C)Cc1ccccc1Cl.Cl. The standard InChI is InChI=1S/C12H17ClN2O.ClH/c1-3-11(14)12(16)15(2)8-9-6-4-5-7-10(9)13;/h4-7,11H,3,8,14H2,1-2H3;1H/t11-;/m0./s1. The van der Waals surface area contributed by atoms with Crippen LogP contribution in [0.3, 0.4) is 0 Å². The number of nitrogens with two attached hydrogens (primary N) is 1. The molecule has 0 fully saturated rings. The van der Waals surface area contributed by atoms with Crippen LogP contribution in [0.25, 0.3) is 0 Å². The number of carbonyl (C=O) groups is 1. The summed E-state index contributed by atoms with van der Waals surface area (Å²) in [5.41, 5.74) is 6.62. The Hall–Kier alpha value is -0.770. The molecule has 0 spiro atoms. The van der Waals surface area contributed by atoms with Crippen molar-refractivity contribution in [3.05, 3.63) is 34.9 Å². The van der Waals surface area contributed by atoms with Gasteiger partial charge in [0, 0.05) is 18.6 Å². The summed E-state index contributed by atoms with van der Waals surface area (Å²) in [4.78, 5) is 13.4. The molecule has 1 atom stereocenters. The van der Waals surface area contributed by atoms with Crippen molar-refractivity contribution in [2.45, 2.75) is 25.9 Å². The number of carbonyl (C=O) groups excluding carboxylic acids is 1. The highest BCUT2D eigenvalue weighted by molar-refractivity contribution is 6.31. The number of amides is 1. The number of rotatable bonds is 4. The zero-order chi connectivity index (χ0) is 12.1. The lowest BCUT2D eigenvalue weighted by atomic mass is 10.2. The Balaban J connectivity index is 0.00000256. The van der Waals surface area contributed by atoms with E-state index in [0.717, 1.165) is 5.56 Å². The van der Waals surface area contributed by atoms with Gasteiger partial charge in [-0.2, -0.15) is 0 Å². The summed E-state index contributed by atoms with van der Waals surface area (Å²) in [6, 6.07) is 7.07. The smallest absolute Gasteiger partial charge is 0.239 e. The van der Waals surface area contributed by atoms with Gasteiger partial charge in [-0.3, -0.25) is 4.79 Å². The molecular formula is C12H18Cl2N2O. The van der Waals surface area contributed by atoms with E-state index in [9.17, 15) is 4.79 Å². The van der Waals surface area contributed by atoms with Crippen molar-refractivity contribution in [2.75, 3.05) is 7.05 Å². The fourth-order valence-electron chi connectivity index (χ4n) is 1.42. The summed E-state index contributed by atoms with van der Waals surface area (Å²) < 4.78 is 0. The average Bonchev–Trinajstić information content (AvgIpc) is 2.30. The molecule has 0 aliphatic rings. The molecular weight excluding hydrogens is 259 g/mol. The molecule has 0 aliphatic heterocycles. The maximum absolute atomic E-state index is 11.7. The van der Waals surface area contributed by atoms with Crippen LogP contribution in [0.2, 0.25) is 5.02 Å². The number of likely N-dealkylation sites (N-methyl/N-ethyl adjacent to an activating group) is 1. The van der Waals surface area contributed by atoms with Crippen molar-refractivity contribution in [1.82, 2.24) is 4.90 Å². The first kappa shape index (κ1) is 16.2. The van der Waals surface area contributed by atoms with E-state index < -0.39 is 6.04 Å². The molecule has 1 aromatic carbocycles. The molecule has 0 saturated carbocycles. The van der Waals surface area contributed by atoms with E-state index in [-0.39, 0.29) is 18.3 Å². The van der Waals surface area contributed by atoms with Crippen molar-refractivity contribution in [2.24, 2.45) is 5.73 Å². The summed E-state index contributed by atoms with van der Waals surface area (Å²) in [6.07, 6.45) is 0.645. The van der Waals surface area contributed by atoms with Gasteiger partial charge in [0.2, 0.25) is 5.91 Å². The van der Waals surface area contributed by atoms with Gasteiger partial charge in [0.15, 0.2) is 0 Å². The Bertz CT molecular complexity index is 371. The fraction of sp³-hybridized carbons (Fsp3) is 0.417. The Morgan fingerprint density at radius 3 is 2.59 bits per heavy atom. The van der Waals surface area contributed by atoms with Gasteiger partial charge in [-0.25, -0.2) is 0 Å². The van der Waals surface area contributed by atoms with Gasteiger partial charge in [0.25, 0.3) is 0 Å². The summed E-state index contributed by atoms with van der Waals surface area (Å²) in [5, 5.41) is 0.673. The predicted molar refractivity (Wildman–Crippen MR) is 73.4 cm³/mol. The van der Waals surface area contributed by atoms with E-state index in [1.807, 2.05) is 31.2 Å². The minimum absolute atomic E-state index is 0. The van der Waals surface area contributed by atoms with Crippen molar-refractivity contribution in [3.8, 4) is 0 Å². The molecule has 0 heterocycles. The minimum Gasteiger partial charge on any atom is -0.340 e. The zero-order valence-corrected chi connectivity index (χ0v) is 11.6. The number of nitrogens with zero attached hydrogens (tertiary/aromatic N) is 1. The molecule has 1 amide bonds. The van der Waals surface area contributed by atoms with Crippen LogP contribution in [0.4, 0.5) is 0 Å². The van der Waals surface area contributed by atoms with Crippen LogP contribution in [0, 0.1) is 0 Å². The lowest BCUT2D eigenvalue weighted by molar-refractivity contribution is -0.131. The normalized spacial score (nSPS) is 11.5. The van der Waals surface area contributed by atoms with Crippen molar-refractivity contribution >= 4 is 29.9 Å². The summed E-state index contributed by atoms with van der Waals surface area (Å²) >= 11 is 6.02. The van der Waals surface area contributed by atoms with Crippen LogP contribution in [0.15, 0.2) is 24.3 Å². The molecule has 3 nitrogen and oxygen atoms in total. The highest BCUT2D eigenvalue weighted by Crippen LogP contribution is 2.16. The van der Waals surface area contributed by atoms with Crippen LogP contribution in [-0.4, -0.2) is 23.9 Å². The second-order valence-electron chi connectivity index (χ2n) is 3.80. The van der Waals surface area contributed by atoms with Gasteiger partial charge < -0.3 is 10.6 Å². The van der Waals surface area contributed by atoms with Crippen LogP contribution in [0.1, 0.15) is 18.9 Å². The number of hydrogen-bond acceptors (Lipinski definition) is 2. The van der Waals surface area contributed by atoms with Gasteiger partial charge in [0.1, 0.15) is 0 Å². The lowest BCUT2D eigenvalue weighted by Gasteiger charge is -2.21. The zero-order valence-electron chi connectivity index (χ0n) is 10.0. The molecule has 5 heteroatoms. The second-order valence-corrected chi connectivity index (χ2v) is 4.21. The third kappa shape index (κ3) is 4.54. The van der Waals surface area contributed by atoms with Crippen LogP contribution < -0.4 is 5.73 Å². The monoisotopic (exact) mass is 276 g/mol. The fourth-order valence-corrected chi connectivity index (χ4v) is 1.61. The molecule has 0 radical (unpaired) electrons. The molecule has 0 aliphatic carbocycles. The molecule has 96 valence electrons. The molecule has 17 heavy (non-hydrogen) atoms. The first-order valence-corrected chi connectivity index (χ1v) is 5.68. The number of halogens is 2. The van der Waals surface area contributed by atoms with Crippen molar-refractivity contribution < 1.29 is 4.79 Å². The van der Waals surface area contributed by atoms with Crippen LogP contribution >= 0.6 is 24.0 Å². The summed E-state index contributed by atoms with van der Waals surface area (Å²) in [6.45, 7) is 2.39. The van der Waals surface area contributed by atoms with E-state index in [1.165, 1.54) is 0 Å². The number of hydrogen-bond donors (Lipinski definition) is 1. The van der Waals surface area contributed by atoms with Gasteiger partial charge >= 0.3 is 0 Å². The maximum Gasteiger partial charge on any atom is 0.239 e. The maximum atomic E-state index is 11.7. The van der Waals surface area contributed by atoms with Gasteiger partial charge in [-0.05, 0) is 18.1 Å². The quantitative estimate of drug-likeness (QED) is 0.918. The van der Waals surface area contributed by atoms with Crippen molar-refractivity contribution in [1.29, 1.82) is 0 Å². The Morgan fingerprint density at radius 2 is 2.06 bits per heavy atom.